The molecule has 2 atom stereocenters. The van der Waals surface area contributed by atoms with E-state index < -0.39 is 22.2 Å². The van der Waals surface area contributed by atoms with Gasteiger partial charge in [-0.2, -0.15) is 0 Å². The van der Waals surface area contributed by atoms with Gasteiger partial charge in [0.1, 0.15) is 0 Å². The van der Waals surface area contributed by atoms with Gasteiger partial charge in [0, 0.05) is 5.41 Å². The number of hydrogen-bond donors (Lipinski definition) is 0. The Hall–Kier alpha value is -0.460. The smallest absolute Gasteiger partial charge is 0.234 e. The van der Waals surface area contributed by atoms with Gasteiger partial charge in [-0.05, 0) is 0 Å². The van der Waals surface area contributed by atoms with E-state index in [9.17, 15) is 8.42 Å². The van der Waals surface area contributed by atoms with Crippen LogP contribution in [0.25, 0.3) is 0 Å². The van der Waals surface area contributed by atoms with Crippen molar-refractivity contribution in [2.45, 2.75) is 0 Å². The summed E-state index contributed by atoms with van der Waals surface area (Å²) < 4.78 is 29.9. The van der Waals surface area contributed by atoms with Gasteiger partial charge in [-0.15, -0.1) is 0 Å². The van der Waals surface area contributed by atoms with Gasteiger partial charge in [0.25, 0.3) is 0 Å². The standard InChI is InChI=1S/C5H8O4S2/c1-3-8-11(7)5-9-10(6)4-2/h3-4H,1-2,5H2. The van der Waals surface area contributed by atoms with E-state index in [1.807, 2.05) is 0 Å². The van der Waals surface area contributed by atoms with Crippen molar-refractivity contribution in [3.8, 4) is 0 Å². The summed E-state index contributed by atoms with van der Waals surface area (Å²) in [6, 6.07) is 0. The number of rotatable bonds is 6. The first-order valence-corrected chi connectivity index (χ1v) is 4.91. The second kappa shape index (κ2) is 6.26. The average molecular weight is 196 g/mol. The van der Waals surface area contributed by atoms with Crippen LogP contribution in [0.4, 0.5) is 0 Å². The van der Waals surface area contributed by atoms with Gasteiger partial charge < -0.3 is 4.18 Å². The Morgan fingerprint density at radius 3 is 2.45 bits per heavy atom. The molecular weight excluding hydrogens is 188 g/mol. The maximum atomic E-state index is 10.6. The van der Waals surface area contributed by atoms with Gasteiger partial charge in [0.05, 0.1) is 6.26 Å². The molecule has 0 heterocycles. The first-order valence-electron chi connectivity index (χ1n) is 2.53. The third-order valence-corrected chi connectivity index (χ3v) is 2.00. The largest absolute Gasteiger partial charge is 0.407 e. The number of hydrogen-bond acceptors (Lipinski definition) is 4. The zero-order chi connectivity index (χ0) is 8.69. The van der Waals surface area contributed by atoms with E-state index in [0.29, 0.717) is 0 Å². The summed E-state index contributed by atoms with van der Waals surface area (Å²) in [5.74, 6) is -0.259. The summed E-state index contributed by atoms with van der Waals surface area (Å²) in [6.07, 6.45) is 1.02. The molecule has 0 aliphatic rings. The minimum atomic E-state index is -1.62. The van der Waals surface area contributed by atoms with Crippen LogP contribution in [-0.4, -0.2) is 14.4 Å². The SMILES string of the molecule is C=COS(=O)COS(=O)C=C. The molecule has 0 saturated heterocycles. The third kappa shape index (κ3) is 5.96. The predicted octanol–water partition coefficient (Wildman–Crippen LogP) is 0.591. The maximum Gasteiger partial charge on any atom is 0.234 e. The van der Waals surface area contributed by atoms with Crippen LogP contribution in [0.1, 0.15) is 0 Å². The Bertz CT molecular complexity index is 189. The molecule has 2 unspecified atom stereocenters. The van der Waals surface area contributed by atoms with E-state index in [2.05, 4.69) is 21.5 Å². The highest BCUT2D eigenvalue weighted by Gasteiger charge is 2.00. The molecule has 0 radical (unpaired) electrons. The lowest BCUT2D eigenvalue weighted by atomic mass is 11.2. The highest BCUT2D eigenvalue weighted by atomic mass is 32.2. The summed E-state index contributed by atoms with van der Waals surface area (Å²) in [5, 5.41) is 1.09. The highest BCUT2D eigenvalue weighted by molar-refractivity contribution is 7.85. The maximum absolute atomic E-state index is 10.6. The van der Waals surface area contributed by atoms with Crippen LogP contribution < -0.4 is 0 Å². The van der Waals surface area contributed by atoms with E-state index in [1.54, 1.807) is 0 Å². The molecule has 11 heavy (non-hydrogen) atoms. The van der Waals surface area contributed by atoms with E-state index in [0.717, 1.165) is 11.7 Å². The Morgan fingerprint density at radius 1 is 1.36 bits per heavy atom. The molecule has 0 aliphatic carbocycles. The minimum absolute atomic E-state index is 0.259. The summed E-state index contributed by atoms with van der Waals surface area (Å²) in [7, 11) is 0. The molecule has 0 saturated carbocycles. The fourth-order valence-electron chi connectivity index (χ4n) is 0.238. The van der Waals surface area contributed by atoms with Gasteiger partial charge in [0.2, 0.25) is 11.1 Å². The summed E-state index contributed by atoms with van der Waals surface area (Å²) in [5.41, 5.74) is 0. The Morgan fingerprint density at radius 2 is 2.00 bits per heavy atom. The first kappa shape index (κ1) is 10.5. The lowest BCUT2D eigenvalue weighted by Gasteiger charge is -1.97. The fourth-order valence-corrected chi connectivity index (χ4v) is 1.24. The molecule has 0 bridgehead atoms. The van der Waals surface area contributed by atoms with Crippen molar-refractivity contribution in [2.75, 3.05) is 5.94 Å². The van der Waals surface area contributed by atoms with Gasteiger partial charge in [-0.25, -0.2) is 8.42 Å². The van der Waals surface area contributed by atoms with E-state index in [4.69, 9.17) is 0 Å². The van der Waals surface area contributed by atoms with Crippen molar-refractivity contribution in [2.24, 2.45) is 0 Å². The molecule has 0 rings (SSSR count). The molecule has 0 N–H and O–H groups in total. The first-order chi connectivity index (χ1) is 5.20. The van der Waals surface area contributed by atoms with Crippen LogP contribution in [0.5, 0.6) is 0 Å². The van der Waals surface area contributed by atoms with Crippen LogP contribution in [0, 0.1) is 0 Å². The van der Waals surface area contributed by atoms with E-state index in [1.165, 1.54) is 0 Å². The van der Waals surface area contributed by atoms with Crippen LogP contribution in [0.15, 0.2) is 24.8 Å². The minimum Gasteiger partial charge on any atom is -0.407 e. The quantitative estimate of drug-likeness (QED) is 0.583. The lowest BCUT2D eigenvalue weighted by Crippen LogP contribution is -2.03. The Balaban J connectivity index is 3.53. The van der Waals surface area contributed by atoms with Crippen molar-refractivity contribution in [1.82, 2.24) is 0 Å². The summed E-state index contributed by atoms with van der Waals surface area (Å²) in [6.45, 7) is 6.38. The topological polar surface area (TPSA) is 52.6 Å². The molecule has 4 nitrogen and oxygen atoms in total. The molecule has 64 valence electrons. The van der Waals surface area contributed by atoms with Crippen LogP contribution in [0.3, 0.4) is 0 Å². The Kier molecular flexibility index (Phi) is 6.00. The lowest BCUT2D eigenvalue weighted by molar-refractivity contribution is 0.397. The molecule has 0 aromatic heterocycles. The van der Waals surface area contributed by atoms with Crippen LogP contribution in [-0.2, 0) is 30.5 Å². The Labute approximate surface area is 70.2 Å². The van der Waals surface area contributed by atoms with Gasteiger partial charge in [-0.3, -0.25) is 4.18 Å². The zero-order valence-electron chi connectivity index (χ0n) is 5.73. The fraction of sp³-hybridized carbons (Fsp3) is 0.200. The molecule has 6 heteroatoms. The normalized spacial score (nSPS) is 14.9. The third-order valence-electron chi connectivity index (χ3n) is 0.572. The molecule has 0 aliphatic heterocycles. The van der Waals surface area contributed by atoms with E-state index >= 15 is 0 Å². The van der Waals surface area contributed by atoms with Crippen molar-refractivity contribution >= 4 is 22.2 Å². The summed E-state index contributed by atoms with van der Waals surface area (Å²) in [4.78, 5) is 0. The van der Waals surface area contributed by atoms with Crippen molar-refractivity contribution in [3.05, 3.63) is 24.8 Å². The summed E-state index contributed by atoms with van der Waals surface area (Å²) >= 11 is -3.22. The molecule has 0 amide bonds. The van der Waals surface area contributed by atoms with Gasteiger partial charge in [-0.1, -0.05) is 13.2 Å². The van der Waals surface area contributed by atoms with Crippen LogP contribution >= 0.6 is 0 Å². The van der Waals surface area contributed by atoms with Gasteiger partial charge in [0.15, 0.2) is 17.0 Å². The average Bonchev–Trinajstić information content (AvgIpc) is 2.01. The highest BCUT2D eigenvalue weighted by Crippen LogP contribution is 1.91. The molecule has 0 aromatic rings. The monoisotopic (exact) mass is 196 g/mol. The second-order valence-corrected chi connectivity index (χ2v) is 3.36. The second-order valence-electron chi connectivity index (χ2n) is 1.23. The molecule has 0 fully saturated rings. The molecule has 0 spiro atoms. The van der Waals surface area contributed by atoms with Crippen molar-refractivity contribution in [3.63, 3.8) is 0 Å². The van der Waals surface area contributed by atoms with Crippen molar-refractivity contribution < 1.29 is 16.8 Å². The molecular formula is C5H8O4S2. The molecule has 0 aromatic carbocycles. The van der Waals surface area contributed by atoms with E-state index in [-0.39, 0.29) is 5.94 Å². The van der Waals surface area contributed by atoms with Crippen molar-refractivity contribution in [1.29, 1.82) is 0 Å². The van der Waals surface area contributed by atoms with Crippen LogP contribution in [0.2, 0.25) is 0 Å². The predicted molar refractivity (Wildman–Crippen MR) is 43.7 cm³/mol. The van der Waals surface area contributed by atoms with Gasteiger partial charge >= 0.3 is 0 Å². The zero-order valence-corrected chi connectivity index (χ0v) is 7.36.